The van der Waals surface area contributed by atoms with Gasteiger partial charge in [0.1, 0.15) is 5.78 Å². The van der Waals surface area contributed by atoms with Gasteiger partial charge in [-0.15, -0.1) is 0 Å². The molecular formula is C18H32OS. The summed E-state index contributed by atoms with van der Waals surface area (Å²) in [4.78, 5) is 12.0. The SMILES string of the molecule is CC(=O)C(C)C1C(C)SC(C)C1C1C(C)CCCC1C. The van der Waals surface area contributed by atoms with Crippen molar-refractivity contribution in [1.82, 2.24) is 0 Å². The third-order valence-corrected chi connectivity index (χ3v) is 7.74. The molecule has 2 heteroatoms. The molecule has 1 nitrogen and oxygen atoms in total. The number of carbonyl (C=O) groups is 1. The summed E-state index contributed by atoms with van der Waals surface area (Å²) >= 11 is 2.13. The third kappa shape index (κ3) is 2.96. The van der Waals surface area contributed by atoms with Crippen LogP contribution in [-0.4, -0.2) is 16.3 Å². The van der Waals surface area contributed by atoms with Crippen LogP contribution < -0.4 is 0 Å². The first-order chi connectivity index (χ1) is 9.34. The van der Waals surface area contributed by atoms with Crippen molar-refractivity contribution < 1.29 is 4.79 Å². The molecule has 1 aliphatic carbocycles. The van der Waals surface area contributed by atoms with Crippen molar-refractivity contribution in [3.63, 3.8) is 0 Å². The van der Waals surface area contributed by atoms with E-state index in [9.17, 15) is 4.79 Å². The van der Waals surface area contributed by atoms with Crippen LogP contribution in [0.3, 0.4) is 0 Å². The monoisotopic (exact) mass is 296 g/mol. The zero-order valence-corrected chi connectivity index (χ0v) is 14.9. The molecule has 1 saturated carbocycles. The maximum absolute atomic E-state index is 12.0. The fourth-order valence-corrected chi connectivity index (χ4v) is 7.01. The first kappa shape index (κ1) is 16.4. The molecular weight excluding hydrogens is 264 g/mol. The second-order valence-electron chi connectivity index (χ2n) is 7.56. The molecule has 1 heterocycles. The molecule has 0 bridgehead atoms. The van der Waals surface area contributed by atoms with Crippen molar-refractivity contribution in [2.45, 2.75) is 71.3 Å². The first-order valence-electron chi connectivity index (χ1n) is 8.50. The normalized spacial score (nSPS) is 47.2. The summed E-state index contributed by atoms with van der Waals surface area (Å²) in [5.41, 5.74) is 0. The van der Waals surface area contributed by atoms with Crippen LogP contribution in [0, 0.1) is 35.5 Å². The summed E-state index contributed by atoms with van der Waals surface area (Å²) in [6, 6.07) is 0. The van der Waals surface area contributed by atoms with E-state index >= 15 is 0 Å². The number of carbonyl (C=O) groups excluding carboxylic acids is 1. The van der Waals surface area contributed by atoms with Crippen LogP contribution in [0.1, 0.15) is 60.8 Å². The van der Waals surface area contributed by atoms with Crippen molar-refractivity contribution in [3.8, 4) is 0 Å². The largest absolute Gasteiger partial charge is 0.300 e. The number of thioether (sulfide) groups is 1. The Labute approximate surface area is 129 Å². The average Bonchev–Trinajstić information content (AvgIpc) is 2.63. The molecule has 0 aromatic heterocycles. The molecule has 0 radical (unpaired) electrons. The van der Waals surface area contributed by atoms with E-state index < -0.39 is 0 Å². The van der Waals surface area contributed by atoms with Gasteiger partial charge >= 0.3 is 0 Å². The van der Waals surface area contributed by atoms with Crippen LogP contribution in [0.2, 0.25) is 0 Å². The lowest BCUT2D eigenvalue weighted by Crippen LogP contribution is -2.41. The number of ketones is 1. The number of rotatable bonds is 3. The van der Waals surface area contributed by atoms with E-state index in [-0.39, 0.29) is 5.92 Å². The van der Waals surface area contributed by atoms with Gasteiger partial charge in [0, 0.05) is 16.4 Å². The van der Waals surface area contributed by atoms with E-state index in [0.29, 0.717) is 22.2 Å². The minimum absolute atomic E-state index is 0.230. The second-order valence-corrected chi connectivity index (χ2v) is 9.32. The van der Waals surface area contributed by atoms with Gasteiger partial charge < -0.3 is 0 Å². The summed E-state index contributed by atoms with van der Waals surface area (Å²) in [7, 11) is 0. The Balaban J connectivity index is 2.27. The molecule has 2 fully saturated rings. The van der Waals surface area contributed by atoms with Crippen LogP contribution in [0.4, 0.5) is 0 Å². The van der Waals surface area contributed by atoms with Gasteiger partial charge in [-0.25, -0.2) is 0 Å². The number of hydrogen-bond acceptors (Lipinski definition) is 2. The van der Waals surface area contributed by atoms with Gasteiger partial charge in [-0.3, -0.25) is 4.79 Å². The van der Waals surface area contributed by atoms with Crippen molar-refractivity contribution >= 4 is 17.5 Å². The predicted molar refractivity (Wildman–Crippen MR) is 89.0 cm³/mol. The quantitative estimate of drug-likeness (QED) is 0.725. The molecule has 0 N–H and O–H groups in total. The van der Waals surface area contributed by atoms with Gasteiger partial charge in [-0.1, -0.05) is 53.9 Å². The van der Waals surface area contributed by atoms with Gasteiger partial charge in [0.05, 0.1) is 0 Å². The second kappa shape index (κ2) is 6.42. The molecule has 0 aromatic carbocycles. The van der Waals surface area contributed by atoms with E-state index in [1.54, 1.807) is 6.92 Å². The highest BCUT2D eigenvalue weighted by Gasteiger charge is 2.49. The van der Waals surface area contributed by atoms with Gasteiger partial charge in [0.15, 0.2) is 0 Å². The van der Waals surface area contributed by atoms with Gasteiger partial charge in [0.2, 0.25) is 0 Å². The number of Topliss-reactive ketones (excluding diaryl/α,β-unsaturated/α-hetero) is 1. The molecule has 1 aliphatic heterocycles. The summed E-state index contributed by atoms with van der Waals surface area (Å²) < 4.78 is 0. The molecule has 2 rings (SSSR count). The summed E-state index contributed by atoms with van der Waals surface area (Å²) in [5.74, 6) is 4.42. The van der Waals surface area contributed by atoms with Crippen molar-refractivity contribution in [2.24, 2.45) is 35.5 Å². The summed E-state index contributed by atoms with van der Waals surface area (Å²) in [5, 5.41) is 1.35. The van der Waals surface area contributed by atoms with Crippen molar-refractivity contribution in [3.05, 3.63) is 0 Å². The molecule has 0 spiro atoms. The molecule has 116 valence electrons. The summed E-state index contributed by atoms with van der Waals surface area (Å²) in [6.45, 7) is 13.6. The zero-order chi connectivity index (χ0) is 15.0. The van der Waals surface area contributed by atoms with Crippen molar-refractivity contribution in [2.75, 3.05) is 0 Å². The standard InChI is InChI=1S/C18H32OS/c1-10-8-7-9-11(2)16(10)18-15(6)20-14(5)17(18)12(3)13(4)19/h10-12,14-18H,7-9H2,1-6H3. The molecule has 2 aliphatic rings. The fourth-order valence-electron chi connectivity index (χ4n) is 5.19. The Hall–Kier alpha value is 0.0200. The Morgan fingerprint density at radius 1 is 1.00 bits per heavy atom. The fraction of sp³-hybridized carbons (Fsp3) is 0.944. The third-order valence-electron chi connectivity index (χ3n) is 6.25. The molecule has 7 unspecified atom stereocenters. The van der Waals surface area contributed by atoms with Crippen molar-refractivity contribution in [1.29, 1.82) is 0 Å². The van der Waals surface area contributed by atoms with Crippen LogP contribution in [0.25, 0.3) is 0 Å². The zero-order valence-electron chi connectivity index (χ0n) is 14.1. The lowest BCUT2D eigenvalue weighted by molar-refractivity contribution is -0.123. The maximum atomic E-state index is 12.0. The van der Waals surface area contributed by atoms with E-state index in [1.807, 2.05) is 0 Å². The smallest absolute Gasteiger partial charge is 0.132 e. The minimum atomic E-state index is 0.230. The van der Waals surface area contributed by atoms with E-state index in [2.05, 4.69) is 46.4 Å². The number of hydrogen-bond donors (Lipinski definition) is 0. The highest BCUT2D eigenvalue weighted by Crippen LogP contribution is 2.54. The van der Waals surface area contributed by atoms with Gasteiger partial charge in [0.25, 0.3) is 0 Å². The maximum Gasteiger partial charge on any atom is 0.132 e. The Morgan fingerprint density at radius 3 is 2.05 bits per heavy atom. The minimum Gasteiger partial charge on any atom is -0.300 e. The topological polar surface area (TPSA) is 17.1 Å². The predicted octanol–water partition coefficient (Wildman–Crippen LogP) is 5.04. The van der Waals surface area contributed by atoms with Crippen LogP contribution >= 0.6 is 11.8 Å². The summed E-state index contributed by atoms with van der Waals surface area (Å²) in [6.07, 6.45) is 4.17. The van der Waals surface area contributed by atoms with Crippen LogP contribution in [0.15, 0.2) is 0 Å². The molecule has 0 aromatic rings. The van der Waals surface area contributed by atoms with E-state index in [0.717, 1.165) is 23.7 Å². The highest BCUT2D eigenvalue weighted by molar-refractivity contribution is 8.00. The van der Waals surface area contributed by atoms with Gasteiger partial charge in [-0.05, 0) is 36.5 Å². The Morgan fingerprint density at radius 2 is 1.55 bits per heavy atom. The Kier molecular flexibility index (Phi) is 5.26. The van der Waals surface area contributed by atoms with E-state index in [4.69, 9.17) is 0 Å². The Bertz CT molecular complexity index is 343. The molecule has 20 heavy (non-hydrogen) atoms. The van der Waals surface area contributed by atoms with Gasteiger partial charge in [-0.2, -0.15) is 11.8 Å². The molecule has 0 amide bonds. The highest BCUT2D eigenvalue weighted by atomic mass is 32.2. The lowest BCUT2D eigenvalue weighted by Gasteiger charge is -2.43. The van der Waals surface area contributed by atoms with E-state index in [1.165, 1.54) is 19.3 Å². The van der Waals surface area contributed by atoms with Crippen LogP contribution in [-0.2, 0) is 4.79 Å². The molecule has 7 atom stereocenters. The molecule has 1 saturated heterocycles. The first-order valence-corrected chi connectivity index (χ1v) is 9.44. The van der Waals surface area contributed by atoms with Crippen LogP contribution in [0.5, 0.6) is 0 Å². The average molecular weight is 297 g/mol. The lowest BCUT2D eigenvalue weighted by atomic mass is 9.61.